The first-order valence-corrected chi connectivity index (χ1v) is 8.09. The summed E-state index contributed by atoms with van der Waals surface area (Å²) in [5, 5.41) is 4.10. The number of piperidine rings is 1. The third kappa shape index (κ3) is 4.10. The summed E-state index contributed by atoms with van der Waals surface area (Å²) in [4.78, 5) is 7.14. The van der Waals surface area contributed by atoms with E-state index in [1.54, 1.807) is 0 Å². The summed E-state index contributed by atoms with van der Waals surface area (Å²) in [5.74, 6) is 2.51. The fourth-order valence-corrected chi connectivity index (χ4v) is 2.82. The molecule has 2 rings (SSSR count). The van der Waals surface area contributed by atoms with Gasteiger partial charge >= 0.3 is 0 Å². The molecule has 112 valence electrons. The highest BCUT2D eigenvalue weighted by Gasteiger charge is 2.23. The molecule has 20 heavy (non-hydrogen) atoms. The van der Waals surface area contributed by atoms with Gasteiger partial charge in [0.15, 0.2) is 0 Å². The van der Waals surface area contributed by atoms with Gasteiger partial charge in [-0.2, -0.15) is 0 Å². The molecule has 3 nitrogen and oxygen atoms in total. The smallest absolute Gasteiger partial charge is 0.126 e. The molecule has 0 radical (unpaired) electrons. The second kappa shape index (κ2) is 7.28. The lowest BCUT2D eigenvalue weighted by Gasteiger charge is -2.35. The molecule has 1 fully saturated rings. The molecule has 1 aliphatic rings. The van der Waals surface area contributed by atoms with Crippen LogP contribution in [0.4, 0.5) is 5.82 Å². The molecule has 0 aliphatic carbocycles. The first-order chi connectivity index (χ1) is 9.60. The van der Waals surface area contributed by atoms with E-state index in [2.05, 4.69) is 36.0 Å². The normalized spacial score (nSPS) is 23.8. The lowest BCUT2D eigenvalue weighted by Crippen LogP contribution is -2.38. The molecule has 2 unspecified atom stereocenters. The Balaban J connectivity index is 2.01. The molecule has 1 saturated heterocycles. The number of anilines is 1. The zero-order valence-corrected chi connectivity index (χ0v) is 13.6. The van der Waals surface area contributed by atoms with Crippen LogP contribution in [0.2, 0.25) is 5.02 Å². The Morgan fingerprint density at radius 2 is 2.15 bits per heavy atom. The fourth-order valence-electron chi connectivity index (χ4n) is 2.65. The molecule has 0 bridgehead atoms. The van der Waals surface area contributed by atoms with Gasteiger partial charge in [0.25, 0.3) is 0 Å². The van der Waals surface area contributed by atoms with E-state index < -0.39 is 0 Å². The van der Waals surface area contributed by atoms with Crippen molar-refractivity contribution < 1.29 is 0 Å². The van der Waals surface area contributed by atoms with Crippen LogP contribution >= 0.6 is 11.6 Å². The highest BCUT2D eigenvalue weighted by Crippen LogP contribution is 2.25. The molecule has 0 aromatic carbocycles. The van der Waals surface area contributed by atoms with Crippen LogP contribution in [0.3, 0.4) is 0 Å². The van der Waals surface area contributed by atoms with Crippen molar-refractivity contribution in [1.29, 1.82) is 0 Å². The second-order valence-corrected chi connectivity index (χ2v) is 6.44. The number of nitrogens with zero attached hydrogens (tertiary/aromatic N) is 2. The maximum atomic E-state index is 6.30. The van der Waals surface area contributed by atoms with Crippen molar-refractivity contribution in [3.05, 3.63) is 22.8 Å². The van der Waals surface area contributed by atoms with Crippen molar-refractivity contribution in [1.82, 2.24) is 9.88 Å². The van der Waals surface area contributed by atoms with Gasteiger partial charge in [-0.25, -0.2) is 4.98 Å². The van der Waals surface area contributed by atoms with Crippen molar-refractivity contribution in [3.8, 4) is 0 Å². The van der Waals surface area contributed by atoms with Crippen LogP contribution in [-0.4, -0.2) is 29.5 Å². The van der Waals surface area contributed by atoms with Crippen LogP contribution in [0, 0.1) is 11.8 Å². The molecule has 1 aliphatic heterocycles. The third-order valence-corrected chi connectivity index (χ3v) is 4.61. The third-order valence-electron chi connectivity index (χ3n) is 4.27. The SMILES string of the molecule is CCCNc1ccc(Cl)c(CN2CCC(C)C(C)C2)n1. The number of hydrogen-bond donors (Lipinski definition) is 1. The number of halogens is 1. The molecule has 1 aromatic rings. The number of nitrogens with one attached hydrogen (secondary N) is 1. The Morgan fingerprint density at radius 3 is 2.85 bits per heavy atom. The molecule has 1 N–H and O–H groups in total. The predicted octanol–water partition coefficient (Wildman–Crippen LogP) is 4.03. The van der Waals surface area contributed by atoms with Crippen LogP contribution in [0.25, 0.3) is 0 Å². The monoisotopic (exact) mass is 295 g/mol. The van der Waals surface area contributed by atoms with Gasteiger partial charge in [-0.15, -0.1) is 0 Å². The zero-order chi connectivity index (χ0) is 14.5. The predicted molar refractivity (Wildman–Crippen MR) is 86.2 cm³/mol. The summed E-state index contributed by atoms with van der Waals surface area (Å²) in [6, 6.07) is 3.92. The van der Waals surface area contributed by atoms with Crippen LogP contribution < -0.4 is 5.32 Å². The van der Waals surface area contributed by atoms with Gasteiger partial charge in [0, 0.05) is 19.6 Å². The summed E-state index contributed by atoms with van der Waals surface area (Å²) < 4.78 is 0. The minimum Gasteiger partial charge on any atom is -0.370 e. The molecule has 0 saturated carbocycles. The summed E-state index contributed by atoms with van der Waals surface area (Å²) in [6.45, 7) is 10.9. The van der Waals surface area contributed by atoms with Crippen molar-refractivity contribution >= 4 is 17.4 Å². The summed E-state index contributed by atoms with van der Waals surface area (Å²) in [7, 11) is 0. The highest BCUT2D eigenvalue weighted by atomic mass is 35.5. The van der Waals surface area contributed by atoms with E-state index in [1.165, 1.54) is 6.42 Å². The summed E-state index contributed by atoms with van der Waals surface area (Å²) in [6.07, 6.45) is 2.37. The standard InChI is InChI=1S/C16H26ClN3/c1-4-8-18-16-6-5-14(17)15(19-16)11-20-9-7-12(2)13(3)10-20/h5-6,12-13H,4,7-11H2,1-3H3,(H,18,19). The summed E-state index contributed by atoms with van der Waals surface area (Å²) in [5.41, 5.74) is 0.995. The molecule has 2 heterocycles. The molecule has 0 spiro atoms. The Bertz CT molecular complexity index is 436. The van der Waals surface area contributed by atoms with Crippen molar-refractivity contribution in [2.45, 2.75) is 40.2 Å². The zero-order valence-electron chi connectivity index (χ0n) is 12.8. The first kappa shape index (κ1) is 15.6. The highest BCUT2D eigenvalue weighted by molar-refractivity contribution is 6.31. The molecule has 4 heteroatoms. The fraction of sp³-hybridized carbons (Fsp3) is 0.688. The molecule has 1 aromatic heterocycles. The maximum absolute atomic E-state index is 6.30. The second-order valence-electron chi connectivity index (χ2n) is 6.03. The van der Waals surface area contributed by atoms with E-state index in [-0.39, 0.29) is 0 Å². The van der Waals surface area contributed by atoms with E-state index in [9.17, 15) is 0 Å². The van der Waals surface area contributed by atoms with Gasteiger partial charge in [-0.05, 0) is 43.4 Å². The Labute approximate surface area is 127 Å². The largest absolute Gasteiger partial charge is 0.370 e. The lowest BCUT2D eigenvalue weighted by molar-refractivity contribution is 0.131. The van der Waals surface area contributed by atoms with Crippen molar-refractivity contribution in [3.63, 3.8) is 0 Å². The van der Waals surface area contributed by atoms with E-state index in [4.69, 9.17) is 11.6 Å². The Kier molecular flexibility index (Phi) is 5.67. The van der Waals surface area contributed by atoms with Gasteiger partial charge in [-0.1, -0.05) is 32.4 Å². The van der Waals surface area contributed by atoms with E-state index in [0.717, 1.165) is 61.0 Å². The van der Waals surface area contributed by atoms with Gasteiger partial charge in [-0.3, -0.25) is 4.90 Å². The van der Waals surface area contributed by atoms with Crippen molar-refractivity contribution in [2.75, 3.05) is 25.0 Å². The quantitative estimate of drug-likeness (QED) is 0.889. The average Bonchev–Trinajstić information content (AvgIpc) is 2.44. The minimum absolute atomic E-state index is 0.754. The summed E-state index contributed by atoms with van der Waals surface area (Å²) >= 11 is 6.30. The number of aromatic nitrogens is 1. The van der Waals surface area contributed by atoms with Crippen LogP contribution in [0.5, 0.6) is 0 Å². The van der Waals surface area contributed by atoms with Crippen LogP contribution in [0.1, 0.15) is 39.3 Å². The van der Waals surface area contributed by atoms with Gasteiger partial charge < -0.3 is 5.32 Å². The first-order valence-electron chi connectivity index (χ1n) is 7.71. The average molecular weight is 296 g/mol. The van der Waals surface area contributed by atoms with Gasteiger partial charge in [0.2, 0.25) is 0 Å². The Morgan fingerprint density at radius 1 is 1.35 bits per heavy atom. The lowest BCUT2D eigenvalue weighted by atomic mass is 9.88. The number of likely N-dealkylation sites (tertiary alicyclic amines) is 1. The van der Waals surface area contributed by atoms with E-state index >= 15 is 0 Å². The van der Waals surface area contributed by atoms with E-state index in [0.29, 0.717) is 0 Å². The number of hydrogen-bond acceptors (Lipinski definition) is 3. The van der Waals surface area contributed by atoms with E-state index in [1.807, 2.05) is 12.1 Å². The molecule has 0 amide bonds. The Hall–Kier alpha value is -0.800. The van der Waals surface area contributed by atoms with Gasteiger partial charge in [0.1, 0.15) is 5.82 Å². The van der Waals surface area contributed by atoms with Gasteiger partial charge in [0.05, 0.1) is 10.7 Å². The minimum atomic E-state index is 0.754. The van der Waals surface area contributed by atoms with Crippen LogP contribution in [-0.2, 0) is 6.54 Å². The number of pyridine rings is 1. The molecular weight excluding hydrogens is 270 g/mol. The topological polar surface area (TPSA) is 28.2 Å². The molecule has 2 atom stereocenters. The van der Waals surface area contributed by atoms with Crippen LogP contribution in [0.15, 0.2) is 12.1 Å². The molecular formula is C16H26ClN3. The maximum Gasteiger partial charge on any atom is 0.126 e. The van der Waals surface area contributed by atoms with Crippen molar-refractivity contribution in [2.24, 2.45) is 11.8 Å². The number of rotatable bonds is 5.